The van der Waals surface area contributed by atoms with Crippen molar-refractivity contribution < 1.29 is 19.1 Å². The van der Waals surface area contributed by atoms with E-state index in [2.05, 4.69) is 34.6 Å². The van der Waals surface area contributed by atoms with Crippen LogP contribution < -0.4 is 10.9 Å². The van der Waals surface area contributed by atoms with Crippen molar-refractivity contribution in [2.45, 2.75) is 38.8 Å². The first-order valence-electron chi connectivity index (χ1n) is 10.8. The van der Waals surface area contributed by atoms with Crippen LogP contribution in [0.1, 0.15) is 53.9 Å². The number of rotatable bonds is 5. The van der Waals surface area contributed by atoms with E-state index in [1.54, 1.807) is 26.8 Å². The predicted molar refractivity (Wildman–Crippen MR) is 124 cm³/mol. The quantitative estimate of drug-likeness (QED) is 0.567. The number of hydrogen-bond donors (Lipinski definition) is 2. The molecule has 0 saturated carbocycles. The smallest absolute Gasteiger partial charge is 0.407 e. The summed E-state index contributed by atoms with van der Waals surface area (Å²) in [6.07, 6.45) is -0.589. The predicted octanol–water partition coefficient (Wildman–Crippen LogP) is 4.37. The minimum atomic E-state index is -0.701. The number of alkyl carbamates (subject to hydrolysis) is 1. The molecule has 2 aromatic carbocycles. The number of carbonyl (C=O) groups excluding carboxylic acids is 2. The van der Waals surface area contributed by atoms with Gasteiger partial charge in [0.05, 0.1) is 6.54 Å². The van der Waals surface area contributed by atoms with Crippen LogP contribution in [0, 0.1) is 0 Å². The number of esters is 1. The molecule has 1 aliphatic carbocycles. The lowest BCUT2D eigenvalue weighted by atomic mass is 9.98. The minimum Gasteiger partial charge on any atom is -0.456 e. The SMILES string of the molecule is CC(C)(C)OC(=O)c1ccc(CNC(=O)OCC2c3ccccc3-c3ccccc32)[nH]c1=O. The van der Waals surface area contributed by atoms with Crippen LogP contribution in [0.15, 0.2) is 65.5 Å². The Kier molecular flexibility index (Phi) is 6.05. The molecule has 0 saturated heterocycles. The van der Waals surface area contributed by atoms with E-state index in [1.807, 2.05) is 24.3 Å². The van der Waals surface area contributed by atoms with E-state index in [4.69, 9.17) is 9.47 Å². The monoisotopic (exact) mass is 446 g/mol. The van der Waals surface area contributed by atoms with Crippen molar-refractivity contribution in [2.24, 2.45) is 0 Å². The van der Waals surface area contributed by atoms with Crippen molar-refractivity contribution in [3.8, 4) is 11.1 Å². The Labute approximate surface area is 191 Å². The van der Waals surface area contributed by atoms with Crippen molar-refractivity contribution in [1.82, 2.24) is 10.3 Å². The number of H-pyrrole nitrogens is 1. The molecule has 7 nitrogen and oxygen atoms in total. The van der Waals surface area contributed by atoms with Crippen LogP contribution in [-0.2, 0) is 16.0 Å². The third-order valence-electron chi connectivity index (χ3n) is 5.36. The van der Waals surface area contributed by atoms with E-state index in [1.165, 1.54) is 6.07 Å². The summed E-state index contributed by atoms with van der Waals surface area (Å²) in [5.41, 5.74) is 3.66. The second-order valence-electron chi connectivity index (χ2n) is 8.91. The van der Waals surface area contributed by atoms with Crippen molar-refractivity contribution >= 4 is 12.1 Å². The van der Waals surface area contributed by atoms with E-state index in [0.717, 1.165) is 22.3 Å². The van der Waals surface area contributed by atoms with E-state index in [0.29, 0.717) is 5.69 Å². The lowest BCUT2D eigenvalue weighted by Gasteiger charge is -2.19. The van der Waals surface area contributed by atoms with Gasteiger partial charge in [-0.05, 0) is 55.2 Å². The van der Waals surface area contributed by atoms with Crippen LogP contribution in [-0.4, -0.2) is 29.3 Å². The van der Waals surface area contributed by atoms with Gasteiger partial charge in [0.15, 0.2) is 0 Å². The van der Waals surface area contributed by atoms with Crippen LogP contribution in [0.3, 0.4) is 0 Å². The van der Waals surface area contributed by atoms with E-state index < -0.39 is 23.2 Å². The largest absolute Gasteiger partial charge is 0.456 e. The highest BCUT2D eigenvalue weighted by Crippen LogP contribution is 2.44. The fourth-order valence-corrected chi connectivity index (χ4v) is 3.93. The van der Waals surface area contributed by atoms with E-state index in [-0.39, 0.29) is 24.6 Å². The number of hydrogen-bond acceptors (Lipinski definition) is 5. The van der Waals surface area contributed by atoms with Crippen molar-refractivity contribution in [1.29, 1.82) is 0 Å². The lowest BCUT2D eigenvalue weighted by Crippen LogP contribution is -2.30. The summed E-state index contributed by atoms with van der Waals surface area (Å²) < 4.78 is 10.7. The maximum absolute atomic E-state index is 12.3. The summed E-state index contributed by atoms with van der Waals surface area (Å²) in [6, 6.07) is 19.2. The number of pyridine rings is 1. The zero-order valence-corrected chi connectivity index (χ0v) is 18.8. The zero-order chi connectivity index (χ0) is 23.6. The number of aromatic nitrogens is 1. The summed E-state index contributed by atoms with van der Waals surface area (Å²) in [4.78, 5) is 39.3. The molecular formula is C26H26N2O5. The van der Waals surface area contributed by atoms with Crippen LogP contribution in [0.25, 0.3) is 11.1 Å². The summed E-state index contributed by atoms with van der Waals surface area (Å²) in [6.45, 7) is 5.44. The van der Waals surface area contributed by atoms with E-state index >= 15 is 0 Å². The van der Waals surface area contributed by atoms with Gasteiger partial charge in [0.25, 0.3) is 5.56 Å². The zero-order valence-electron chi connectivity index (χ0n) is 18.8. The molecule has 0 spiro atoms. The Morgan fingerprint density at radius 3 is 2.12 bits per heavy atom. The first kappa shape index (κ1) is 22.3. The van der Waals surface area contributed by atoms with E-state index in [9.17, 15) is 14.4 Å². The fraction of sp³-hybridized carbons (Fsp3) is 0.269. The number of ether oxygens (including phenoxy) is 2. The highest BCUT2D eigenvalue weighted by molar-refractivity contribution is 5.89. The molecule has 33 heavy (non-hydrogen) atoms. The molecule has 0 atom stereocenters. The second-order valence-corrected chi connectivity index (χ2v) is 8.91. The van der Waals surface area contributed by atoms with Crippen molar-refractivity contribution in [3.05, 3.63) is 93.4 Å². The van der Waals surface area contributed by atoms with Gasteiger partial charge < -0.3 is 19.8 Å². The maximum atomic E-state index is 12.3. The summed E-state index contributed by atoms with van der Waals surface area (Å²) in [5, 5.41) is 2.64. The first-order valence-corrected chi connectivity index (χ1v) is 10.8. The first-order chi connectivity index (χ1) is 15.7. The van der Waals surface area contributed by atoms with Gasteiger partial charge in [0.1, 0.15) is 17.8 Å². The molecule has 0 fully saturated rings. The fourth-order valence-electron chi connectivity index (χ4n) is 3.93. The average Bonchev–Trinajstić information content (AvgIpc) is 3.09. The molecular weight excluding hydrogens is 420 g/mol. The Hall–Kier alpha value is -3.87. The van der Waals surface area contributed by atoms with Gasteiger partial charge in [0.2, 0.25) is 0 Å². The maximum Gasteiger partial charge on any atom is 0.407 e. The van der Waals surface area contributed by atoms with Crippen molar-refractivity contribution in [3.63, 3.8) is 0 Å². The van der Waals surface area contributed by atoms with Gasteiger partial charge in [0, 0.05) is 11.6 Å². The van der Waals surface area contributed by atoms with Crippen LogP contribution in [0.5, 0.6) is 0 Å². The van der Waals surface area contributed by atoms with Crippen LogP contribution >= 0.6 is 0 Å². The van der Waals surface area contributed by atoms with Crippen LogP contribution in [0.4, 0.5) is 4.79 Å². The molecule has 1 aliphatic rings. The molecule has 0 bridgehead atoms. The topological polar surface area (TPSA) is 97.5 Å². The summed E-state index contributed by atoms with van der Waals surface area (Å²) in [7, 11) is 0. The molecule has 2 N–H and O–H groups in total. The number of benzene rings is 2. The Balaban J connectivity index is 1.36. The second kappa shape index (κ2) is 8.94. The van der Waals surface area contributed by atoms with Gasteiger partial charge in [-0.25, -0.2) is 9.59 Å². The summed E-state index contributed by atoms with van der Waals surface area (Å²) >= 11 is 0. The molecule has 1 heterocycles. The number of nitrogens with one attached hydrogen (secondary N) is 2. The molecule has 1 amide bonds. The average molecular weight is 447 g/mol. The Morgan fingerprint density at radius 2 is 1.55 bits per heavy atom. The molecule has 0 unspecified atom stereocenters. The Bertz CT molecular complexity index is 1210. The number of amides is 1. The molecule has 4 rings (SSSR count). The molecule has 3 aromatic rings. The molecule has 0 aliphatic heterocycles. The summed E-state index contributed by atoms with van der Waals surface area (Å²) in [5.74, 6) is -0.726. The highest BCUT2D eigenvalue weighted by atomic mass is 16.6. The molecule has 7 heteroatoms. The number of aromatic amines is 1. The number of fused-ring (bicyclic) bond motifs is 3. The lowest BCUT2D eigenvalue weighted by molar-refractivity contribution is 0.00673. The third kappa shape index (κ3) is 4.98. The van der Waals surface area contributed by atoms with Gasteiger partial charge in [-0.3, -0.25) is 4.79 Å². The van der Waals surface area contributed by atoms with Crippen molar-refractivity contribution in [2.75, 3.05) is 6.61 Å². The number of carbonyl (C=O) groups is 2. The highest BCUT2D eigenvalue weighted by Gasteiger charge is 2.29. The molecule has 0 radical (unpaired) electrons. The third-order valence-corrected chi connectivity index (χ3v) is 5.36. The molecule has 170 valence electrons. The standard InChI is InChI=1S/C26H26N2O5/c1-26(2,3)33-24(30)21-13-12-16(28-23(21)29)14-27-25(31)32-15-22-19-10-6-4-8-17(19)18-9-5-7-11-20(18)22/h4-13,22H,14-15H2,1-3H3,(H,27,31)(H,28,29). The van der Waals surface area contributed by atoms with Gasteiger partial charge in [-0.15, -0.1) is 0 Å². The minimum absolute atomic E-state index is 0.0314. The van der Waals surface area contributed by atoms with Gasteiger partial charge in [-0.2, -0.15) is 0 Å². The van der Waals surface area contributed by atoms with Crippen LogP contribution in [0.2, 0.25) is 0 Å². The Morgan fingerprint density at radius 1 is 0.939 bits per heavy atom. The van der Waals surface area contributed by atoms with Gasteiger partial charge in [-0.1, -0.05) is 48.5 Å². The molecule has 1 aromatic heterocycles. The normalized spacial score (nSPS) is 12.6. The van der Waals surface area contributed by atoms with Gasteiger partial charge >= 0.3 is 12.1 Å².